The van der Waals surface area contributed by atoms with Gasteiger partial charge < -0.3 is 5.32 Å². The van der Waals surface area contributed by atoms with Gasteiger partial charge in [-0.05, 0) is 37.1 Å². The Bertz CT molecular complexity index is 484. The predicted octanol–water partition coefficient (Wildman–Crippen LogP) is 0.985. The Labute approximate surface area is 115 Å². The van der Waals surface area contributed by atoms with Crippen LogP contribution in [-0.4, -0.2) is 43.1 Å². The van der Waals surface area contributed by atoms with Gasteiger partial charge in [-0.2, -0.15) is 0 Å². The first-order chi connectivity index (χ1) is 9.08. The zero-order valence-electron chi connectivity index (χ0n) is 11.2. The van der Waals surface area contributed by atoms with E-state index in [0.717, 1.165) is 31.4 Å². The van der Waals surface area contributed by atoms with Gasteiger partial charge in [-0.3, -0.25) is 4.98 Å². The van der Waals surface area contributed by atoms with Crippen molar-refractivity contribution in [2.24, 2.45) is 0 Å². The van der Waals surface area contributed by atoms with Crippen molar-refractivity contribution in [3.8, 4) is 0 Å². The van der Waals surface area contributed by atoms with E-state index >= 15 is 0 Å². The third-order valence-corrected chi connectivity index (χ3v) is 5.36. The van der Waals surface area contributed by atoms with Gasteiger partial charge in [0.05, 0.1) is 5.75 Å². The average Bonchev–Trinajstić information content (AvgIpc) is 2.40. The molecule has 1 aromatic heterocycles. The zero-order valence-corrected chi connectivity index (χ0v) is 12.1. The minimum Gasteiger partial charge on any atom is -0.313 e. The van der Waals surface area contributed by atoms with Gasteiger partial charge in [-0.1, -0.05) is 6.42 Å². The molecule has 1 aliphatic heterocycles. The lowest BCUT2D eigenvalue weighted by Gasteiger charge is -2.26. The molecule has 6 heteroatoms. The fourth-order valence-electron chi connectivity index (χ4n) is 2.29. The lowest BCUT2D eigenvalue weighted by atomic mass is 10.1. The molecule has 1 atom stereocenters. The molecular weight excluding hydrogens is 262 g/mol. The maximum atomic E-state index is 12.3. The molecule has 0 saturated carbocycles. The zero-order chi connectivity index (χ0) is 13.7. The lowest BCUT2D eigenvalue weighted by molar-refractivity contribution is 0.408. The number of nitrogens with zero attached hydrogens (tertiary/aromatic N) is 2. The van der Waals surface area contributed by atoms with E-state index in [-0.39, 0.29) is 11.8 Å². The molecular formula is C13H21N3O2S. The van der Waals surface area contributed by atoms with E-state index in [1.54, 1.807) is 19.4 Å². The van der Waals surface area contributed by atoms with Crippen LogP contribution < -0.4 is 5.32 Å². The van der Waals surface area contributed by atoms with Crippen LogP contribution in [0.5, 0.6) is 0 Å². The lowest BCUT2D eigenvalue weighted by Crippen LogP contribution is -2.43. The molecule has 0 aromatic carbocycles. The highest BCUT2D eigenvalue weighted by atomic mass is 32.2. The summed E-state index contributed by atoms with van der Waals surface area (Å²) in [6.07, 6.45) is 6.56. The second-order valence-electron chi connectivity index (χ2n) is 5.04. The third kappa shape index (κ3) is 4.26. The van der Waals surface area contributed by atoms with Crippen molar-refractivity contribution >= 4 is 10.0 Å². The van der Waals surface area contributed by atoms with Gasteiger partial charge in [0.25, 0.3) is 0 Å². The van der Waals surface area contributed by atoms with Crippen molar-refractivity contribution in [3.63, 3.8) is 0 Å². The topological polar surface area (TPSA) is 62.3 Å². The molecule has 0 radical (unpaired) electrons. The average molecular weight is 283 g/mol. The second kappa shape index (κ2) is 6.45. The molecule has 106 valence electrons. The van der Waals surface area contributed by atoms with Crippen molar-refractivity contribution in [2.45, 2.75) is 31.8 Å². The van der Waals surface area contributed by atoms with Gasteiger partial charge >= 0.3 is 0 Å². The monoisotopic (exact) mass is 283 g/mol. The Hall–Kier alpha value is -0.980. The molecule has 0 amide bonds. The Morgan fingerprint density at radius 3 is 2.74 bits per heavy atom. The Morgan fingerprint density at radius 1 is 1.37 bits per heavy atom. The molecule has 2 rings (SSSR count). The summed E-state index contributed by atoms with van der Waals surface area (Å²) in [5, 5.41) is 3.28. The Balaban J connectivity index is 1.94. The molecule has 1 unspecified atom stereocenters. The Morgan fingerprint density at radius 2 is 2.11 bits per heavy atom. The van der Waals surface area contributed by atoms with Gasteiger partial charge in [0.15, 0.2) is 0 Å². The molecule has 2 heterocycles. The largest absolute Gasteiger partial charge is 0.313 e. The highest BCUT2D eigenvalue weighted by Crippen LogP contribution is 2.13. The van der Waals surface area contributed by atoms with E-state index in [1.807, 2.05) is 12.1 Å². The highest BCUT2D eigenvalue weighted by Gasteiger charge is 2.24. The third-order valence-electron chi connectivity index (χ3n) is 3.45. The van der Waals surface area contributed by atoms with Crippen LogP contribution in [0.3, 0.4) is 0 Å². The number of rotatable bonds is 5. The smallest absolute Gasteiger partial charge is 0.215 e. The fourth-order valence-corrected chi connectivity index (χ4v) is 3.68. The Kier molecular flexibility index (Phi) is 4.90. The van der Waals surface area contributed by atoms with Crippen LogP contribution in [0, 0.1) is 0 Å². The first-order valence-corrected chi connectivity index (χ1v) is 8.25. The summed E-state index contributed by atoms with van der Waals surface area (Å²) in [6.45, 7) is 1.33. The second-order valence-corrected chi connectivity index (χ2v) is 7.16. The number of aromatic nitrogens is 1. The normalized spacial score (nSPS) is 20.6. The van der Waals surface area contributed by atoms with E-state index in [4.69, 9.17) is 0 Å². The molecule has 19 heavy (non-hydrogen) atoms. The van der Waals surface area contributed by atoms with Crippen LogP contribution in [0.4, 0.5) is 0 Å². The maximum absolute atomic E-state index is 12.3. The van der Waals surface area contributed by atoms with E-state index in [9.17, 15) is 8.42 Å². The van der Waals surface area contributed by atoms with Crippen LogP contribution in [0.1, 0.15) is 24.8 Å². The van der Waals surface area contributed by atoms with Crippen LogP contribution >= 0.6 is 0 Å². The summed E-state index contributed by atoms with van der Waals surface area (Å²) >= 11 is 0. The van der Waals surface area contributed by atoms with E-state index in [0.29, 0.717) is 6.54 Å². The molecule has 0 aliphatic carbocycles. The number of hydrogen-bond acceptors (Lipinski definition) is 4. The van der Waals surface area contributed by atoms with Gasteiger partial charge in [0, 0.05) is 32.0 Å². The molecule has 5 nitrogen and oxygen atoms in total. The van der Waals surface area contributed by atoms with Gasteiger partial charge in [-0.15, -0.1) is 0 Å². The van der Waals surface area contributed by atoms with Gasteiger partial charge in [0.2, 0.25) is 10.0 Å². The van der Waals surface area contributed by atoms with E-state index < -0.39 is 10.0 Å². The van der Waals surface area contributed by atoms with Crippen molar-refractivity contribution in [2.75, 3.05) is 19.3 Å². The number of pyridine rings is 1. The van der Waals surface area contributed by atoms with Crippen LogP contribution in [0.15, 0.2) is 24.5 Å². The van der Waals surface area contributed by atoms with E-state index in [2.05, 4.69) is 10.3 Å². The van der Waals surface area contributed by atoms with Gasteiger partial charge in [-0.25, -0.2) is 12.7 Å². The minimum absolute atomic E-state index is 0.0960. The summed E-state index contributed by atoms with van der Waals surface area (Å²) in [7, 11) is -1.57. The molecule has 0 spiro atoms. The fraction of sp³-hybridized carbons (Fsp3) is 0.615. The van der Waals surface area contributed by atoms with Gasteiger partial charge in [0.1, 0.15) is 0 Å². The quantitative estimate of drug-likeness (QED) is 0.875. The first-order valence-electron chi connectivity index (χ1n) is 6.64. The minimum atomic E-state index is -3.21. The highest BCUT2D eigenvalue weighted by molar-refractivity contribution is 7.89. The SMILES string of the molecule is CN(Cc1ccncc1)S(=O)(=O)CC1CCCCN1. The number of piperidine rings is 1. The molecule has 1 aliphatic rings. The standard InChI is InChI=1S/C13H21N3O2S/c1-16(10-12-5-8-14-9-6-12)19(17,18)11-13-4-2-3-7-15-13/h5-6,8-9,13,15H,2-4,7,10-11H2,1H3. The first kappa shape index (κ1) is 14.4. The van der Waals surface area contributed by atoms with Crippen molar-refractivity contribution in [1.82, 2.24) is 14.6 Å². The van der Waals surface area contributed by atoms with E-state index in [1.165, 1.54) is 4.31 Å². The van der Waals surface area contributed by atoms with Crippen molar-refractivity contribution < 1.29 is 8.42 Å². The molecule has 1 aromatic rings. The predicted molar refractivity (Wildman–Crippen MR) is 75.1 cm³/mol. The van der Waals surface area contributed by atoms with Crippen molar-refractivity contribution in [3.05, 3.63) is 30.1 Å². The summed E-state index contributed by atoms with van der Waals surface area (Å²) in [5.41, 5.74) is 0.956. The molecule has 1 N–H and O–H groups in total. The number of sulfonamides is 1. The van der Waals surface area contributed by atoms with Crippen LogP contribution in [0.25, 0.3) is 0 Å². The summed E-state index contributed by atoms with van der Waals surface area (Å²) in [4.78, 5) is 3.93. The summed E-state index contributed by atoms with van der Waals surface area (Å²) < 4.78 is 26.0. The van der Waals surface area contributed by atoms with Crippen LogP contribution in [-0.2, 0) is 16.6 Å². The number of nitrogens with one attached hydrogen (secondary N) is 1. The van der Waals surface area contributed by atoms with Crippen molar-refractivity contribution in [1.29, 1.82) is 0 Å². The summed E-state index contributed by atoms with van der Waals surface area (Å²) in [5.74, 6) is 0.189. The molecule has 1 fully saturated rings. The summed E-state index contributed by atoms with van der Waals surface area (Å²) in [6, 6.07) is 3.77. The molecule has 1 saturated heterocycles. The maximum Gasteiger partial charge on any atom is 0.215 e. The molecule has 0 bridgehead atoms. The number of hydrogen-bond donors (Lipinski definition) is 1. The van der Waals surface area contributed by atoms with Crippen LogP contribution in [0.2, 0.25) is 0 Å².